The zero-order valence-corrected chi connectivity index (χ0v) is 11.1. The highest BCUT2D eigenvalue weighted by molar-refractivity contribution is 5.78. The van der Waals surface area contributed by atoms with Crippen LogP contribution in [-0.4, -0.2) is 36.2 Å². The second-order valence-corrected chi connectivity index (χ2v) is 5.25. The van der Waals surface area contributed by atoms with Crippen molar-refractivity contribution in [2.45, 2.75) is 45.6 Å². The number of hydrogen-bond acceptors (Lipinski definition) is 3. The van der Waals surface area contributed by atoms with Crippen molar-refractivity contribution in [2.75, 3.05) is 13.2 Å². The van der Waals surface area contributed by atoms with Gasteiger partial charge in [0.25, 0.3) is 0 Å². The maximum absolute atomic E-state index is 11.6. The van der Waals surface area contributed by atoms with Gasteiger partial charge in [0, 0.05) is 6.04 Å². The molecule has 0 spiro atoms. The summed E-state index contributed by atoms with van der Waals surface area (Å²) in [4.78, 5) is 21.9. The standard InChI is InChI=1S/C13H23NO4/c1-9(2)10-5-3-4-6-11(10)14-12(15)7-18-8-13(16)17/h9-11H,3-8H2,1-2H3,(H,14,15)(H,16,17). The number of rotatable bonds is 6. The van der Waals surface area contributed by atoms with Crippen molar-refractivity contribution in [3.63, 3.8) is 0 Å². The number of amides is 1. The fourth-order valence-corrected chi connectivity index (χ4v) is 2.62. The zero-order chi connectivity index (χ0) is 13.5. The lowest BCUT2D eigenvalue weighted by Gasteiger charge is -2.34. The summed E-state index contributed by atoms with van der Waals surface area (Å²) < 4.78 is 4.78. The van der Waals surface area contributed by atoms with Crippen LogP contribution in [0.3, 0.4) is 0 Å². The molecule has 0 heterocycles. The second kappa shape index (κ2) is 7.36. The van der Waals surface area contributed by atoms with Crippen LogP contribution in [-0.2, 0) is 14.3 Å². The molecule has 104 valence electrons. The summed E-state index contributed by atoms with van der Waals surface area (Å²) in [6.07, 6.45) is 4.53. The van der Waals surface area contributed by atoms with Gasteiger partial charge in [-0.25, -0.2) is 4.79 Å². The van der Waals surface area contributed by atoms with E-state index < -0.39 is 12.6 Å². The van der Waals surface area contributed by atoms with Crippen LogP contribution in [0.4, 0.5) is 0 Å². The van der Waals surface area contributed by atoms with Crippen LogP contribution in [0.5, 0.6) is 0 Å². The van der Waals surface area contributed by atoms with Gasteiger partial charge in [-0.05, 0) is 24.7 Å². The van der Waals surface area contributed by atoms with Gasteiger partial charge in [-0.2, -0.15) is 0 Å². The molecule has 2 N–H and O–H groups in total. The van der Waals surface area contributed by atoms with E-state index in [2.05, 4.69) is 19.2 Å². The first-order valence-electron chi connectivity index (χ1n) is 6.59. The quantitative estimate of drug-likeness (QED) is 0.754. The average Bonchev–Trinajstić information content (AvgIpc) is 2.28. The molecule has 1 amide bonds. The Bertz CT molecular complexity index is 291. The highest BCUT2D eigenvalue weighted by atomic mass is 16.5. The normalized spacial score (nSPS) is 23.9. The molecule has 0 saturated heterocycles. The molecule has 5 heteroatoms. The highest BCUT2D eigenvalue weighted by Crippen LogP contribution is 2.30. The third-order valence-corrected chi connectivity index (χ3v) is 3.48. The van der Waals surface area contributed by atoms with Crippen LogP contribution in [0, 0.1) is 11.8 Å². The monoisotopic (exact) mass is 257 g/mol. The van der Waals surface area contributed by atoms with Gasteiger partial charge in [0.2, 0.25) is 5.91 Å². The number of carbonyl (C=O) groups excluding carboxylic acids is 1. The lowest BCUT2D eigenvalue weighted by atomic mass is 9.78. The number of carboxylic acids is 1. The third-order valence-electron chi connectivity index (χ3n) is 3.48. The number of nitrogens with one attached hydrogen (secondary N) is 1. The van der Waals surface area contributed by atoms with E-state index in [9.17, 15) is 9.59 Å². The van der Waals surface area contributed by atoms with Gasteiger partial charge in [0.05, 0.1) is 0 Å². The highest BCUT2D eigenvalue weighted by Gasteiger charge is 2.28. The van der Waals surface area contributed by atoms with Crippen molar-refractivity contribution in [2.24, 2.45) is 11.8 Å². The van der Waals surface area contributed by atoms with Crippen LogP contribution >= 0.6 is 0 Å². The van der Waals surface area contributed by atoms with E-state index >= 15 is 0 Å². The van der Waals surface area contributed by atoms with Gasteiger partial charge in [0.15, 0.2) is 0 Å². The first-order chi connectivity index (χ1) is 8.50. The van der Waals surface area contributed by atoms with E-state index in [1.807, 2.05) is 0 Å². The molecule has 1 fully saturated rings. The van der Waals surface area contributed by atoms with Crippen LogP contribution in [0.15, 0.2) is 0 Å². The Hall–Kier alpha value is -1.10. The molecule has 0 bridgehead atoms. The molecule has 0 aliphatic heterocycles. The van der Waals surface area contributed by atoms with Crippen LogP contribution < -0.4 is 5.32 Å². The number of aliphatic carboxylic acids is 1. The van der Waals surface area contributed by atoms with Gasteiger partial charge >= 0.3 is 5.97 Å². The molecule has 0 aromatic rings. The van der Waals surface area contributed by atoms with Gasteiger partial charge in [-0.3, -0.25) is 4.79 Å². The Balaban J connectivity index is 2.34. The summed E-state index contributed by atoms with van der Waals surface area (Å²) >= 11 is 0. The Kier molecular flexibility index (Phi) is 6.12. The number of ether oxygens (including phenoxy) is 1. The van der Waals surface area contributed by atoms with E-state index in [0.29, 0.717) is 11.8 Å². The van der Waals surface area contributed by atoms with Crippen molar-refractivity contribution in [1.82, 2.24) is 5.32 Å². The molecule has 1 aliphatic rings. The van der Waals surface area contributed by atoms with E-state index in [-0.39, 0.29) is 18.6 Å². The Morgan fingerprint density at radius 2 is 1.94 bits per heavy atom. The second-order valence-electron chi connectivity index (χ2n) is 5.25. The molecule has 0 radical (unpaired) electrons. The van der Waals surface area contributed by atoms with Gasteiger partial charge in [-0.1, -0.05) is 26.7 Å². The fourth-order valence-electron chi connectivity index (χ4n) is 2.62. The maximum atomic E-state index is 11.6. The lowest BCUT2D eigenvalue weighted by molar-refractivity contribution is -0.143. The molecule has 1 rings (SSSR count). The number of hydrogen-bond donors (Lipinski definition) is 2. The van der Waals surface area contributed by atoms with Crippen molar-refractivity contribution < 1.29 is 19.4 Å². The van der Waals surface area contributed by atoms with Gasteiger partial charge in [-0.15, -0.1) is 0 Å². The fraction of sp³-hybridized carbons (Fsp3) is 0.846. The molecular formula is C13H23NO4. The topological polar surface area (TPSA) is 75.6 Å². The molecular weight excluding hydrogens is 234 g/mol. The van der Waals surface area contributed by atoms with Crippen LogP contribution in [0.2, 0.25) is 0 Å². The smallest absolute Gasteiger partial charge is 0.329 e. The van der Waals surface area contributed by atoms with Gasteiger partial charge in [0.1, 0.15) is 13.2 Å². The summed E-state index contributed by atoms with van der Waals surface area (Å²) in [6, 6.07) is 0.208. The zero-order valence-electron chi connectivity index (χ0n) is 11.1. The predicted octanol–water partition coefficient (Wildman–Crippen LogP) is 1.42. The molecule has 18 heavy (non-hydrogen) atoms. The molecule has 5 nitrogen and oxygen atoms in total. The van der Waals surface area contributed by atoms with Crippen LogP contribution in [0.25, 0.3) is 0 Å². The van der Waals surface area contributed by atoms with Crippen molar-refractivity contribution in [3.8, 4) is 0 Å². The molecule has 0 aromatic carbocycles. The minimum absolute atomic E-state index is 0.173. The minimum Gasteiger partial charge on any atom is -0.480 e. The Morgan fingerprint density at radius 1 is 1.28 bits per heavy atom. The van der Waals surface area contributed by atoms with Crippen molar-refractivity contribution in [1.29, 1.82) is 0 Å². The summed E-state index contributed by atoms with van der Waals surface area (Å²) in [5.74, 6) is -0.202. The summed E-state index contributed by atoms with van der Waals surface area (Å²) in [5, 5.41) is 11.4. The van der Waals surface area contributed by atoms with Crippen molar-refractivity contribution in [3.05, 3.63) is 0 Å². The predicted molar refractivity (Wildman–Crippen MR) is 67.2 cm³/mol. The van der Waals surface area contributed by atoms with Crippen molar-refractivity contribution >= 4 is 11.9 Å². The summed E-state index contributed by atoms with van der Waals surface area (Å²) in [5.41, 5.74) is 0. The molecule has 1 saturated carbocycles. The largest absolute Gasteiger partial charge is 0.480 e. The minimum atomic E-state index is -1.06. The molecule has 2 atom stereocenters. The molecule has 1 aliphatic carbocycles. The molecule has 2 unspecified atom stereocenters. The summed E-state index contributed by atoms with van der Waals surface area (Å²) in [6.45, 7) is 3.76. The third kappa shape index (κ3) is 5.04. The Morgan fingerprint density at radius 3 is 2.56 bits per heavy atom. The van der Waals surface area contributed by atoms with Gasteiger partial charge < -0.3 is 15.2 Å². The lowest BCUT2D eigenvalue weighted by Crippen LogP contribution is -2.45. The van der Waals surface area contributed by atoms with E-state index in [1.165, 1.54) is 6.42 Å². The average molecular weight is 257 g/mol. The maximum Gasteiger partial charge on any atom is 0.329 e. The number of carboxylic acid groups (broad SMARTS) is 1. The molecule has 0 aromatic heterocycles. The first kappa shape index (κ1) is 15.0. The van der Waals surface area contributed by atoms with E-state index in [1.54, 1.807) is 0 Å². The summed E-state index contributed by atoms with van der Waals surface area (Å²) in [7, 11) is 0. The van der Waals surface area contributed by atoms with Crippen LogP contribution in [0.1, 0.15) is 39.5 Å². The van der Waals surface area contributed by atoms with E-state index in [4.69, 9.17) is 9.84 Å². The SMILES string of the molecule is CC(C)C1CCCCC1NC(=O)COCC(=O)O. The Labute approximate surface area is 108 Å². The number of carbonyl (C=O) groups is 2. The first-order valence-corrected chi connectivity index (χ1v) is 6.59. The van der Waals surface area contributed by atoms with E-state index in [0.717, 1.165) is 19.3 Å².